The molecule has 0 saturated carbocycles. The molecule has 1 unspecified atom stereocenters. The molecule has 6 nitrogen and oxygen atoms in total. The summed E-state index contributed by atoms with van der Waals surface area (Å²) < 4.78 is 0. The first-order chi connectivity index (χ1) is 14.2. The molecule has 2 aromatic carbocycles. The molecule has 0 saturated heterocycles. The Morgan fingerprint density at radius 1 is 1.14 bits per heavy atom. The molecule has 1 heterocycles. The van der Waals surface area contributed by atoms with Gasteiger partial charge in [-0.15, -0.1) is 0 Å². The SMILES string of the molecule is CN=C(NCCCC(=O)N1CCc2ccccc21)NCC(CO)c1ccccc1. The number of aliphatic imine (C=N–C) groups is 1. The van der Waals surface area contributed by atoms with Gasteiger partial charge in [0.2, 0.25) is 5.91 Å². The number of benzene rings is 2. The fourth-order valence-electron chi connectivity index (χ4n) is 3.63. The Labute approximate surface area is 172 Å². The van der Waals surface area contributed by atoms with Gasteiger partial charge in [0.25, 0.3) is 0 Å². The van der Waals surface area contributed by atoms with Gasteiger partial charge in [0.1, 0.15) is 0 Å². The van der Waals surface area contributed by atoms with Gasteiger partial charge in [-0.25, -0.2) is 0 Å². The monoisotopic (exact) mass is 394 g/mol. The lowest BCUT2D eigenvalue weighted by molar-refractivity contribution is -0.118. The Bertz CT molecular complexity index is 823. The fraction of sp³-hybridized carbons (Fsp3) is 0.391. The molecular formula is C23H30N4O2. The van der Waals surface area contributed by atoms with Crippen LogP contribution in [-0.2, 0) is 11.2 Å². The van der Waals surface area contributed by atoms with Crippen molar-refractivity contribution in [2.75, 3.05) is 38.2 Å². The van der Waals surface area contributed by atoms with Crippen molar-refractivity contribution in [3.05, 3.63) is 65.7 Å². The van der Waals surface area contributed by atoms with E-state index in [0.29, 0.717) is 25.5 Å². The Kier molecular flexibility index (Phi) is 7.64. The van der Waals surface area contributed by atoms with Crippen LogP contribution in [0.2, 0.25) is 0 Å². The normalized spacial score (nSPS) is 14.4. The van der Waals surface area contributed by atoms with E-state index in [-0.39, 0.29) is 18.4 Å². The van der Waals surface area contributed by atoms with E-state index < -0.39 is 0 Å². The second kappa shape index (κ2) is 10.6. The minimum atomic E-state index is 0.00608. The summed E-state index contributed by atoms with van der Waals surface area (Å²) in [5.74, 6) is 0.856. The molecule has 0 spiro atoms. The number of nitrogens with zero attached hydrogens (tertiary/aromatic N) is 2. The van der Waals surface area contributed by atoms with Gasteiger partial charge < -0.3 is 20.6 Å². The highest BCUT2D eigenvalue weighted by atomic mass is 16.3. The molecule has 29 heavy (non-hydrogen) atoms. The maximum absolute atomic E-state index is 12.6. The van der Waals surface area contributed by atoms with E-state index in [2.05, 4.69) is 21.7 Å². The smallest absolute Gasteiger partial charge is 0.227 e. The third-order valence-electron chi connectivity index (χ3n) is 5.28. The third-order valence-corrected chi connectivity index (χ3v) is 5.28. The molecule has 0 fully saturated rings. The summed E-state index contributed by atoms with van der Waals surface area (Å²) in [5, 5.41) is 16.2. The van der Waals surface area contributed by atoms with Gasteiger partial charge in [0.15, 0.2) is 5.96 Å². The van der Waals surface area contributed by atoms with Gasteiger partial charge in [-0.1, -0.05) is 48.5 Å². The second-order valence-electron chi connectivity index (χ2n) is 7.20. The van der Waals surface area contributed by atoms with Crippen molar-refractivity contribution in [2.24, 2.45) is 4.99 Å². The van der Waals surface area contributed by atoms with E-state index in [4.69, 9.17) is 0 Å². The summed E-state index contributed by atoms with van der Waals surface area (Å²) in [7, 11) is 1.72. The third kappa shape index (κ3) is 5.57. The van der Waals surface area contributed by atoms with Gasteiger partial charge in [-0.3, -0.25) is 9.79 Å². The van der Waals surface area contributed by atoms with Crippen LogP contribution in [0.3, 0.4) is 0 Å². The summed E-state index contributed by atoms with van der Waals surface area (Å²) in [6.07, 6.45) is 2.17. The molecule has 3 N–H and O–H groups in total. The van der Waals surface area contributed by atoms with Crippen molar-refractivity contribution in [3.63, 3.8) is 0 Å². The largest absolute Gasteiger partial charge is 0.396 e. The summed E-state index contributed by atoms with van der Waals surface area (Å²) in [5.41, 5.74) is 3.40. The highest BCUT2D eigenvalue weighted by molar-refractivity contribution is 5.95. The van der Waals surface area contributed by atoms with Gasteiger partial charge in [-0.2, -0.15) is 0 Å². The Morgan fingerprint density at radius 2 is 1.90 bits per heavy atom. The van der Waals surface area contributed by atoms with Crippen LogP contribution in [0, 0.1) is 0 Å². The second-order valence-corrected chi connectivity index (χ2v) is 7.20. The number of amides is 1. The number of hydrogen-bond donors (Lipinski definition) is 3. The number of para-hydroxylation sites is 1. The molecule has 1 aliphatic rings. The number of nitrogens with one attached hydrogen (secondary N) is 2. The van der Waals surface area contributed by atoms with Crippen molar-refractivity contribution in [1.82, 2.24) is 10.6 Å². The molecule has 0 bridgehead atoms. The quantitative estimate of drug-likeness (QED) is 0.365. The molecule has 1 amide bonds. The highest BCUT2D eigenvalue weighted by Gasteiger charge is 2.23. The lowest BCUT2D eigenvalue weighted by Crippen LogP contribution is -2.40. The number of anilines is 1. The van der Waals surface area contributed by atoms with Crippen LogP contribution in [0.4, 0.5) is 5.69 Å². The van der Waals surface area contributed by atoms with Crippen LogP contribution in [0.5, 0.6) is 0 Å². The average Bonchev–Trinajstić information content (AvgIpc) is 3.20. The molecule has 2 aromatic rings. The molecule has 0 aromatic heterocycles. The standard InChI is InChI=1S/C23H30N4O2/c1-24-23(26-16-20(17-28)18-8-3-2-4-9-18)25-14-7-12-22(29)27-15-13-19-10-5-6-11-21(19)27/h2-6,8-11,20,28H,7,12-17H2,1H3,(H2,24,25,26). The first-order valence-electron chi connectivity index (χ1n) is 10.2. The number of hydrogen-bond acceptors (Lipinski definition) is 3. The molecule has 1 atom stereocenters. The zero-order valence-corrected chi connectivity index (χ0v) is 17.0. The first-order valence-corrected chi connectivity index (χ1v) is 10.2. The predicted octanol–water partition coefficient (Wildman–Crippen LogP) is 2.30. The first kappa shape index (κ1) is 20.9. The van der Waals surface area contributed by atoms with Gasteiger partial charge in [0, 0.05) is 44.7 Å². The minimum absolute atomic E-state index is 0.00608. The lowest BCUT2D eigenvalue weighted by atomic mass is 10.0. The maximum Gasteiger partial charge on any atom is 0.227 e. The number of aliphatic hydroxyl groups excluding tert-OH is 1. The summed E-state index contributed by atoms with van der Waals surface area (Å²) >= 11 is 0. The van der Waals surface area contributed by atoms with Crippen molar-refractivity contribution >= 4 is 17.6 Å². The van der Waals surface area contributed by atoms with Crippen molar-refractivity contribution in [3.8, 4) is 0 Å². The summed E-state index contributed by atoms with van der Waals surface area (Å²) in [6.45, 7) is 2.09. The van der Waals surface area contributed by atoms with E-state index in [9.17, 15) is 9.90 Å². The van der Waals surface area contributed by atoms with Gasteiger partial charge >= 0.3 is 0 Å². The van der Waals surface area contributed by atoms with E-state index in [1.54, 1.807) is 7.05 Å². The molecule has 1 aliphatic heterocycles. The number of guanidine groups is 1. The van der Waals surface area contributed by atoms with Crippen molar-refractivity contribution in [1.29, 1.82) is 0 Å². The van der Waals surface area contributed by atoms with Crippen LogP contribution in [-0.4, -0.2) is 50.3 Å². The topological polar surface area (TPSA) is 77.0 Å². The maximum atomic E-state index is 12.6. The van der Waals surface area contributed by atoms with Crippen molar-refractivity contribution in [2.45, 2.75) is 25.2 Å². The Balaban J connectivity index is 1.39. The Morgan fingerprint density at radius 3 is 2.66 bits per heavy atom. The number of aliphatic hydroxyl groups is 1. The molecule has 6 heteroatoms. The van der Waals surface area contributed by atoms with E-state index >= 15 is 0 Å². The van der Waals surface area contributed by atoms with Gasteiger partial charge in [-0.05, 0) is 30.0 Å². The van der Waals surface area contributed by atoms with Crippen LogP contribution in [0.1, 0.15) is 29.9 Å². The van der Waals surface area contributed by atoms with Crippen LogP contribution in [0.25, 0.3) is 0 Å². The van der Waals surface area contributed by atoms with E-state index in [1.165, 1.54) is 5.56 Å². The number of fused-ring (bicyclic) bond motifs is 1. The fourth-order valence-corrected chi connectivity index (χ4v) is 3.63. The molecule has 0 radical (unpaired) electrons. The van der Waals surface area contributed by atoms with Crippen LogP contribution in [0.15, 0.2) is 59.6 Å². The average molecular weight is 395 g/mol. The zero-order valence-electron chi connectivity index (χ0n) is 17.0. The summed E-state index contributed by atoms with van der Waals surface area (Å²) in [4.78, 5) is 18.7. The summed E-state index contributed by atoms with van der Waals surface area (Å²) in [6, 6.07) is 18.1. The lowest BCUT2D eigenvalue weighted by Gasteiger charge is -2.19. The zero-order chi connectivity index (χ0) is 20.5. The number of carbonyl (C=O) groups excluding carboxylic acids is 1. The van der Waals surface area contributed by atoms with Gasteiger partial charge in [0.05, 0.1) is 6.61 Å². The predicted molar refractivity (Wildman–Crippen MR) is 117 cm³/mol. The molecule has 154 valence electrons. The van der Waals surface area contributed by atoms with Crippen molar-refractivity contribution < 1.29 is 9.90 Å². The molecule has 0 aliphatic carbocycles. The van der Waals surface area contributed by atoms with E-state index in [1.807, 2.05) is 53.4 Å². The van der Waals surface area contributed by atoms with Crippen LogP contribution >= 0.6 is 0 Å². The van der Waals surface area contributed by atoms with Crippen LogP contribution < -0.4 is 15.5 Å². The van der Waals surface area contributed by atoms with E-state index in [0.717, 1.165) is 30.6 Å². The molecular weight excluding hydrogens is 364 g/mol. The number of carbonyl (C=O) groups is 1. The molecule has 3 rings (SSSR count). The number of rotatable bonds is 8. The highest BCUT2D eigenvalue weighted by Crippen LogP contribution is 2.27. The minimum Gasteiger partial charge on any atom is -0.396 e. The Hall–Kier alpha value is -2.86.